The molecule has 0 aromatic heterocycles. The Morgan fingerprint density at radius 3 is 2.42 bits per heavy atom. The van der Waals surface area contributed by atoms with E-state index in [9.17, 15) is 18.0 Å². The molecule has 12 heavy (non-hydrogen) atoms. The van der Waals surface area contributed by atoms with Gasteiger partial charge >= 0.3 is 6.18 Å². The molecule has 0 aliphatic rings. The van der Waals surface area contributed by atoms with Gasteiger partial charge in [-0.3, -0.25) is 4.79 Å². The third-order valence-corrected chi connectivity index (χ3v) is 1.13. The van der Waals surface area contributed by atoms with E-state index in [0.717, 1.165) is 0 Å². The number of amides is 1. The van der Waals surface area contributed by atoms with E-state index in [4.69, 9.17) is 5.73 Å². The molecule has 72 valence electrons. The summed E-state index contributed by atoms with van der Waals surface area (Å²) in [6.45, 7) is 0.989. The highest BCUT2D eigenvalue weighted by molar-refractivity contribution is 5.77. The van der Waals surface area contributed by atoms with Gasteiger partial charge < -0.3 is 11.1 Å². The first-order valence-electron chi connectivity index (χ1n) is 3.41. The number of alkyl halides is 3. The van der Waals surface area contributed by atoms with Crippen LogP contribution < -0.4 is 11.1 Å². The second-order valence-electron chi connectivity index (χ2n) is 2.49. The highest BCUT2D eigenvalue weighted by Gasteiger charge is 2.30. The van der Waals surface area contributed by atoms with Crippen LogP contribution in [0, 0.1) is 0 Å². The molecule has 3 nitrogen and oxygen atoms in total. The third kappa shape index (κ3) is 5.96. The molecule has 0 aliphatic carbocycles. The molecule has 0 aromatic carbocycles. The number of carbonyl (C=O) groups is 1. The Hall–Kier alpha value is -0.780. The van der Waals surface area contributed by atoms with E-state index in [1.807, 2.05) is 0 Å². The van der Waals surface area contributed by atoms with Gasteiger partial charge in [-0.15, -0.1) is 0 Å². The summed E-state index contributed by atoms with van der Waals surface area (Å²) in [4.78, 5) is 10.5. The van der Waals surface area contributed by atoms with Crippen LogP contribution in [-0.2, 0) is 4.79 Å². The Bertz CT molecular complexity index is 157. The first kappa shape index (κ1) is 11.2. The highest BCUT2D eigenvalue weighted by Crippen LogP contribution is 2.20. The maximum atomic E-state index is 11.7. The van der Waals surface area contributed by atoms with E-state index in [0.29, 0.717) is 0 Å². The van der Waals surface area contributed by atoms with Gasteiger partial charge in [-0.05, 0) is 6.92 Å². The molecule has 1 atom stereocenters. The predicted octanol–water partition coefficient (Wildman–Crippen LogP) is 0.402. The molecule has 1 amide bonds. The normalized spacial score (nSPS) is 14.1. The van der Waals surface area contributed by atoms with Crippen molar-refractivity contribution in [3.8, 4) is 0 Å². The zero-order valence-corrected chi connectivity index (χ0v) is 6.61. The number of hydrogen-bond donors (Lipinski definition) is 2. The maximum absolute atomic E-state index is 11.7. The van der Waals surface area contributed by atoms with Gasteiger partial charge in [0.1, 0.15) is 0 Å². The largest absolute Gasteiger partial charge is 0.391 e. The molecule has 1 unspecified atom stereocenters. The van der Waals surface area contributed by atoms with E-state index in [-0.39, 0.29) is 6.54 Å². The topological polar surface area (TPSA) is 55.1 Å². The Labute approximate surface area is 68.1 Å². The quantitative estimate of drug-likeness (QED) is 0.667. The number of halogens is 3. The lowest BCUT2D eigenvalue weighted by Gasteiger charge is -2.14. The van der Waals surface area contributed by atoms with E-state index in [2.05, 4.69) is 5.32 Å². The lowest BCUT2D eigenvalue weighted by Crippen LogP contribution is -2.39. The zero-order valence-electron chi connectivity index (χ0n) is 6.61. The molecule has 0 fully saturated rings. The maximum Gasteiger partial charge on any atom is 0.391 e. The van der Waals surface area contributed by atoms with Gasteiger partial charge in [0.2, 0.25) is 5.91 Å². The van der Waals surface area contributed by atoms with Crippen molar-refractivity contribution < 1.29 is 18.0 Å². The molecule has 6 heteroatoms. The standard InChI is InChI=1S/C6H11F3N2O/c1-4(2-6(7,8)9)11-5(12)3-10/h4H,2-3,10H2,1H3,(H,11,12). The summed E-state index contributed by atoms with van der Waals surface area (Å²) < 4.78 is 35.0. The molecular formula is C6H11F3N2O. The van der Waals surface area contributed by atoms with Crippen molar-refractivity contribution in [2.24, 2.45) is 5.73 Å². The summed E-state index contributed by atoms with van der Waals surface area (Å²) in [5, 5.41) is 2.10. The Kier molecular flexibility index (Phi) is 4.02. The van der Waals surface area contributed by atoms with Crippen LogP contribution in [0.3, 0.4) is 0 Å². The predicted molar refractivity (Wildman–Crippen MR) is 37.3 cm³/mol. The minimum Gasteiger partial charge on any atom is -0.352 e. The van der Waals surface area contributed by atoms with Gasteiger partial charge in [-0.2, -0.15) is 13.2 Å². The molecule has 0 aromatic rings. The summed E-state index contributed by atoms with van der Waals surface area (Å²) in [5.41, 5.74) is 4.89. The second-order valence-corrected chi connectivity index (χ2v) is 2.49. The Morgan fingerprint density at radius 2 is 2.08 bits per heavy atom. The van der Waals surface area contributed by atoms with Crippen LogP contribution in [0.4, 0.5) is 13.2 Å². The molecule has 0 bridgehead atoms. The van der Waals surface area contributed by atoms with E-state index in [1.165, 1.54) is 6.92 Å². The molecule has 0 rings (SSSR count). The first-order valence-corrected chi connectivity index (χ1v) is 3.41. The summed E-state index contributed by atoms with van der Waals surface area (Å²) >= 11 is 0. The van der Waals surface area contributed by atoms with Crippen LogP contribution in [-0.4, -0.2) is 24.7 Å². The van der Waals surface area contributed by atoms with Crippen LogP contribution in [0.2, 0.25) is 0 Å². The summed E-state index contributed by atoms with van der Waals surface area (Å²) in [6, 6.07) is -0.916. The van der Waals surface area contributed by atoms with Gasteiger partial charge in [0.15, 0.2) is 0 Å². The second kappa shape index (κ2) is 4.30. The van der Waals surface area contributed by atoms with Crippen molar-refractivity contribution >= 4 is 5.91 Å². The SMILES string of the molecule is CC(CC(F)(F)F)NC(=O)CN. The van der Waals surface area contributed by atoms with E-state index >= 15 is 0 Å². The molecule has 0 aliphatic heterocycles. The summed E-state index contributed by atoms with van der Waals surface area (Å²) in [5.74, 6) is -0.577. The smallest absolute Gasteiger partial charge is 0.352 e. The molecule has 3 N–H and O–H groups in total. The number of hydrogen-bond acceptors (Lipinski definition) is 2. The van der Waals surface area contributed by atoms with Crippen molar-refractivity contribution in [2.75, 3.05) is 6.54 Å². The number of nitrogens with one attached hydrogen (secondary N) is 1. The van der Waals surface area contributed by atoms with Gasteiger partial charge in [0.05, 0.1) is 13.0 Å². The Morgan fingerprint density at radius 1 is 1.58 bits per heavy atom. The number of rotatable bonds is 3. The Balaban J connectivity index is 3.74. The molecule has 0 heterocycles. The van der Waals surface area contributed by atoms with Crippen LogP contribution in [0.15, 0.2) is 0 Å². The van der Waals surface area contributed by atoms with Gasteiger partial charge in [0, 0.05) is 6.04 Å². The van der Waals surface area contributed by atoms with E-state index in [1.54, 1.807) is 0 Å². The molecule has 0 radical (unpaired) electrons. The molecule has 0 saturated carbocycles. The van der Waals surface area contributed by atoms with Crippen molar-refractivity contribution in [3.05, 3.63) is 0 Å². The van der Waals surface area contributed by atoms with Crippen LogP contribution >= 0.6 is 0 Å². The fourth-order valence-corrected chi connectivity index (χ4v) is 0.732. The van der Waals surface area contributed by atoms with Crippen molar-refractivity contribution in [1.29, 1.82) is 0 Å². The fourth-order valence-electron chi connectivity index (χ4n) is 0.732. The van der Waals surface area contributed by atoms with Gasteiger partial charge in [-0.25, -0.2) is 0 Å². The third-order valence-electron chi connectivity index (χ3n) is 1.13. The lowest BCUT2D eigenvalue weighted by molar-refractivity contribution is -0.141. The fraction of sp³-hybridized carbons (Fsp3) is 0.833. The van der Waals surface area contributed by atoms with Crippen molar-refractivity contribution in [2.45, 2.75) is 25.6 Å². The average Bonchev–Trinajstić information content (AvgIpc) is 1.82. The van der Waals surface area contributed by atoms with Crippen molar-refractivity contribution in [3.63, 3.8) is 0 Å². The molecular weight excluding hydrogens is 173 g/mol. The van der Waals surface area contributed by atoms with Crippen molar-refractivity contribution in [1.82, 2.24) is 5.32 Å². The first-order chi connectivity index (χ1) is 5.35. The van der Waals surface area contributed by atoms with E-state index < -0.39 is 24.5 Å². The highest BCUT2D eigenvalue weighted by atomic mass is 19.4. The van der Waals surface area contributed by atoms with Crippen LogP contribution in [0.1, 0.15) is 13.3 Å². The molecule has 0 spiro atoms. The number of carbonyl (C=O) groups excluding carboxylic acids is 1. The monoisotopic (exact) mass is 184 g/mol. The zero-order chi connectivity index (χ0) is 9.78. The molecule has 0 saturated heterocycles. The van der Waals surface area contributed by atoms with Crippen LogP contribution in [0.5, 0.6) is 0 Å². The minimum absolute atomic E-state index is 0.289. The summed E-state index contributed by atoms with van der Waals surface area (Å²) in [7, 11) is 0. The summed E-state index contributed by atoms with van der Waals surface area (Å²) in [6.07, 6.45) is -5.28. The van der Waals surface area contributed by atoms with Crippen LogP contribution in [0.25, 0.3) is 0 Å². The minimum atomic E-state index is -4.25. The average molecular weight is 184 g/mol. The van der Waals surface area contributed by atoms with Gasteiger partial charge in [-0.1, -0.05) is 0 Å². The lowest BCUT2D eigenvalue weighted by atomic mass is 10.2. The number of nitrogens with two attached hydrogens (primary N) is 1. The van der Waals surface area contributed by atoms with Gasteiger partial charge in [0.25, 0.3) is 0 Å².